The summed E-state index contributed by atoms with van der Waals surface area (Å²) < 4.78 is 11.2. The van der Waals surface area contributed by atoms with E-state index in [1.807, 2.05) is 55.5 Å². The highest BCUT2D eigenvalue weighted by molar-refractivity contribution is 5.51. The lowest BCUT2D eigenvalue weighted by Crippen LogP contribution is -2.06. The van der Waals surface area contributed by atoms with Crippen LogP contribution in [0.25, 0.3) is 0 Å². The first-order chi connectivity index (χ1) is 9.25. The van der Waals surface area contributed by atoms with Crippen LogP contribution in [0, 0.1) is 6.92 Å². The summed E-state index contributed by atoms with van der Waals surface area (Å²) in [5.41, 5.74) is 7.66. The van der Waals surface area contributed by atoms with E-state index in [0.717, 1.165) is 17.9 Å². The molecule has 0 atom stereocenters. The molecule has 2 aromatic rings. The summed E-state index contributed by atoms with van der Waals surface area (Å²) in [4.78, 5) is 0. The Hall–Kier alpha value is -2.16. The van der Waals surface area contributed by atoms with Gasteiger partial charge in [-0.1, -0.05) is 24.3 Å². The third-order valence-electron chi connectivity index (χ3n) is 2.72. The number of anilines is 1. The third-order valence-corrected chi connectivity index (χ3v) is 2.72. The first-order valence-electron chi connectivity index (χ1n) is 6.42. The molecule has 0 saturated carbocycles. The lowest BCUT2D eigenvalue weighted by Gasteiger charge is -2.09. The normalized spacial score (nSPS) is 10.2. The fraction of sp³-hybridized carbons (Fsp3) is 0.250. The third kappa shape index (κ3) is 4.21. The fourth-order valence-corrected chi connectivity index (χ4v) is 1.75. The zero-order valence-corrected chi connectivity index (χ0v) is 11.1. The van der Waals surface area contributed by atoms with Gasteiger partial charge in [-0.2, -0.15) is 0 Å². The van der Waals surface area contributed by atoms with Gasteiger partial charge >= 0.3 is 0 Å². The van der Waals surface area contributed by atoms with Crippen molar-refractivity contribution in [1.82, 2.24) is 0 Å². The lowest BCUT2D eigenvalue weighted by molar-refractivity contribution is 0.248. The van der Waals surface area contributed by atoms with Crippen molar-refractivity contribution < 1.29 is 9.47 Å². The maximum atomic E-state index is 5.79. The molecule has 0 fully saturated rings. The van der Waals surface area contributed by atoms with E-state index >= 15 is 0 Å². The van der Waals surface area contributed by atoms with Crippen molar-refractivity contribution in [2.24, 2.45) is 0 Å². The summed E-state index contributed by atoms with van der Waals surface area (Å²) in [5, 5.41) is 0. The van der Waals surface area contributed by atoms with Gasteiger partial charge in [0.15, 0.2) is 0 Å². The van der Waals surface area contributed by atoms with Gasteiger partial charge in [-0.3, -0.25) is 0 Å². The van der Waals surface area contributed by atoms with Crippen molar-refractivity contribution in [1.29, 1.82) is 0 Å². The molecule has 0 amide bonds. The summed E-state index contributed by atoms with van der Waals surface area (Å²) in [5.74, 6) is 1.64. The van der Waals surface area contributed by atoms with E-state index in [4.69, 9.17) is 15.2 Å². The van der Waals surface area contributed by atoms with Crippen LogP contribution in [0.1, 0.15) is 12.0 Å². The molecule has 0 aromatic heterocycles. The van der Waals surface area contributed by atoms with Crippen molar-refractivity contribution in [2.75, 3.05) is 18.9 Å². The van der Waals surface area contributed by atoms with Crippen LogP contribution in [0.2, 0.25) is 0 Å². The minimum atomic E-state index is 0.597. The molecule has 0 bridgehead atoms. The zero-order valence-electron chi connectivity index (χ0n) is 11.1. The standard InChI is InChI=1S/C16H19NO2/c1-13-6-4-7-14(12-13)18-10-5-11-19-16-9-3-2-8-15(16)17/h2-4,6-9,12H,5,10-11,17H2,1H3. The van der Waals surface area contributed by atoms with E-state index in [9.17, 15) is 0 Å². The van der Waals surface area contributed by atoms with Crippen LogP contribution in [0.4, 0.5) is 5.69 Å². The lowest BCUT2D eigenvalue weighted by atomic mass is 10.2. The second kappa shape index (κ2) is 6.69. The van der Waals surface area contributed by atoms with Crippen molar-refractivity contribution in [2.45, 2.75) is 13.3 Å². The molecule has 0 aliphatic rings. The molecule has 3 nitrogen and oxygen atoms in total. The van der Waals surface area contributed by atoms with Crippen molar-refractivity contribution in [3.8, 4) is 11.5 Å². The van der Waals surface area contributed by atoms with Crippen molar-refractivity contribution >= 4 is 5.69 Å². The SMILES string of the molecule is Cc1cccc(OCCCOc2ccccc2N)c1. The summed E-state index contributed by atoms with van der Waals surface area (Å²) in [7, 11) is 0. The van der Waals surface area contributed by atoms with Crippen LogP contribution in [0.3, 0.4) is 0 Å². The predicted molar refractivity (Wildman–Crippen MR) is 77.6 cm³/mol. The van der Waals surface area contributed by atoms with Crippen LogP contribution < -0.4 is 15.2 Å². The van der Waals surface area contributed by atoms with Crippen LogP contribution in [0.15, 0.2) is 48.5 Å². The number of nitrogen functional groups attached to an aromatic ring is 1. The van der Waals surface area contributed by atoms with Gasteiger partial charge < -0.3 is 15.2 Å². The smallest absolute Gasteiger partial charge is 0.142 e. The Kier molecular flexibility index (Phi) is 4.67. The Balaban J connectivity index is 1.69. The second-order valence-corrected chi connectivity index (χ2v) is 4.40. The fourth-order valence-electron chi connectivity index (χ4n) is 1.75. The minimum Gasteiger partial charge on any atom is -0.493 e. The Morgan fingerprint density at radius 2 is 1.74 bits per heavy atom. The first-order valence-corrected chi connectivity index (χ1v) is 6.42. The highest BCUT2D eigenvalue weighted by Gasteiger charge is 1.98. The predicted octanol–water partition coefficient (Wildman–Crippen LogP) is 3.43. The molecule has 100 valence electrons. The number of hydrogen-bond acceptors (Lipinski definition) is 3. The van der Waals surface area contributed by atoms with E-state index in [-0.39, 0.29) is 0 Å². The van der Waals surface area contributed by atoms with Crippen LogP contribution in [0.5, 0.6) is 11.5 Å². The molecule has 19 heavy (non-hydrogen) atoms. The van der Waals surface area contributed by atoms with Gasteiger partial charge in [0, 0.05) is 6.42 Å². The van der Waals surface area contributed by atoms with Gasteiger partial charge in [0.05, 0.1) is 18.9 Å². The monoisotopic (exact) mass is 257 g/mol. The number of hydrogen-bond donors (Lipinski definition) is 1. The van der Waals surface area contributed by atoms with Gasteiger partial charge in [-0.15, -0.1) is 0 Å². The molecule has 2 N–H and O–H groups in total. The number of para-hydroxylation sites is 2. The molecule has 0 unspecified atom stereocenters. The first kappa shape index (κ1) is 13.3. The molecule has 2 rings (SSSR count). The van der Waals surface area contributed by atoms with Gasteiger partial charge in [0.2, 0.25) is 0 Å². The second-order valence-electron chi connectivity index (χ2n) is 4.40. The summed E-state index contributed by atoms with van der Waals surface area (Å²) in [6, 6.07) is 15.5. The van der Waals surface area contributed by atoms with Gasteiger partial charge in [-0.05, 0) is 36.8 Å². The molecular weight excluding hydrogens is 238 g/mol. The van der Waals surface area contributed by atoms with Gasteiger partial charge in [-0.25, -0.2) is 0 Å². The van der Waals surface area contributed by atoms with Crippen LogP contribution in [-0.2, 0) is 0 Å². The average Bonchev–Trinajstić information content (AvgIpc) is 2.40. The Labute approximate surface area is 114 Å². The highest BCUT2D eigenvalue weighted by atomic mass is 16.5. The Morgan fingerprint density at radius 1 is 0.947 bits per heavy atom. The van der Waals surface area contributed by atoms with Crippen molar-refractivity contribution in [3.63, 3.8) is 0 Å². The number of aryl methyl sites for hydroxylation is 1. The highest BCUT2D eigenvalue weighted by Crippen LogP contribution is 2.19. The molecule has 0 aliphatic carbocycles. The molecular formula is C16H19NO2. The zero-order chi connectivity index (χ0) is 13.5. The number of rotatable bonds is 6. The molecule has 0 spiro atoms. The Bertz CT molecular complexity index is 526. The molecule has 0 radical (unpaired) electrons. The molecule has 2 aromatic carbocycles. The quantitative estimate of drug-likeness (QED) is 0.637. The average molecular weight is 257 g/mol. The van der Waals surface area contributed by atoms with E-state index in [1.165, 1.54) is 5.56 Å². The summed E-state index contributed by atoms with van der Waals surface area (Å²) >= 11 is 0. The molecule has 0 heterocycles. The Morgan fingerprint density at radius 3 is 2.53 bits per heavy atom. The molecule has 3 heteroatoms. The van der Waals surface area contributed by atoms with E-state index < -0.39 is 0 Å². The van der Waals surface area contributed by atoms with E-state index in [1.54, 1.807) is 0 Å². The number of ether oxygens (including phenoxy) is 2. The van der Waals surface area contributed by atoms with Crippen LogP contribution in [-0.4, -0.2) is 13.2 Å². The molecule has 0 saturated heterocycles. The maximum Gasteiger partial charge on any atom is 0.142 e. The van der Waals surface area contributed by atoms with E-state index in [2.05, 4.69) is 0 Å². The maximum absolute atomic E-state index is 5.79. The van der Waals surface area contributed by atoms with Gasteiger partial charge in [0.1, 0.15) is 11.5 Å². The van der Waals surface area contributed by atoms with Crippen LogP contribution >= 0.6 is 0 Å². The van der Waals surface area contributed by atoms with E-state index in [0.29, 0.717) is 18.9 Å². The minimum absolute atomic E-state index is 0.597. The number of benzene rings is 2. The topological polar surface area (TPSA) is 44.5 Å². The van der Waals surface area contributed by atoms with Crippen molar-refractivity contribution in [3.05, 3.63) is 54.1 Å². The number of nitrogens with two attached hydrogens (primary N) is 1. The largest absolute Gasteiger partial charge is 0.493 e. The summed E-state index contributed by atoms with van der Waals surface area (Å²) in [6.45, 7) is 3.28. The summed E-state index contributed by atoms with van der Waals surface area (Å²) in [6.07, 6.45) is 0.822. The molecule has 0 aliphatic heterocycles. The van der Waals surface area contributed by atoms with Gasteiger partial charge in [0.25, 0.3) is 0 Å².